The third-order valence-electron chi connectivity index (χ3n) is 5.05. The summed E-state index contributed by atoms with van der Waals surface area (Å²) < 4.78 is 0. The summed E-state index contributed by atoms with van der Waals surface area (Å²) in [5.74, 6) is 6.54. The van der Waals surface area contributed by atoms with E-state index >= 15 is 0 Å². The number of hydrogen-bond donors (Lipinski definition) is 0. The predicted octanol–water partition coefficient (Wildman–Crippen LogP) is 7.37. The summed E-state index contributed by atoms with van der Waals surface area (Å²) in [5.41, 5.74) is 8.38. The van der Waals surface area contributed by atoms with Crippen molar-refractivity contribution in [1.82, 2.24) is 0 Å². The van der Waals surface area contributed by atoms with E-state index in [1.54, 1.807) is 0 Å². The molecular weight excluding hydrogens is 348 g/mol. The summed E-state index contributed by atoms with van der Waals surface area (Å²) in [4.78, 5) is 0. The zero-order chi connectivity index (χ0) is 19.9. The molecule has 140 valence electrons. The maximum absolute atomic E-state index is 3.27. The molecule has 0 amide bonds. The molecule has 0 aliphatic carbocycles. The van der Waals surface area contributed by atoms with Crippen molar-refractivity contribution in [3.05, 3.63) is 120 Å². The summed E-state index contributed by atoms with van der Waals surface area (Å²) >= 11 is 0. The standard InChI is InChI=1S/C29H24/c1-2-6-23-9-11-24(12-10-23)13-14-25-15-17-27(18-16-25)29-21-19-28(20-22-29)26-7-4-3-5-8-26/h3-5,7-12,15-22H,2,6H2,1H3. The summed E-state index contributed by atoms with van der Waals surface area (Å²) in [7, 11) is 0. The van der Waals surface area contributed by atoms with Gasteiger partial charge in [0.2, 0.25) is 0 Å². The second-order valence-electron chi connectivity index (χ2n) is 7.22. The number of rotatable bonds is 4. The molecule has 0 bridgehead atoms. The van der Waals surface area contributed by atoms with Crippen molar-refractivity contribution < 1.29 is 0 Å². The highest BCUT2D eigenvalue weighted by Crippen LogP contribution is 2.25. The Balaban J connectivity index is 1.47. The summed E-state index contributed by atoms with van der Waals surface area (Å²) in [6.07, 6.45) is 2.30. The van der Waals surface area contributed by atoms with Crippen LogP contribution in [0.5, 0.6) is 0 Å². The van der Waals surface area contributed by atoms with Gasteiger partial charge in [0.25, 0.3) is 0 Å². The summed E-state index contributed by atoms with van der Waals surface area (Å²) in [6, 6.07) is 36.2. The molecule has 0 aliphatic heterocycles. The molecule has 0 fully saturated rings. The van der Waals surface area contributed by atoms with E-state index in [1.165, 1.54) is 34.2 Å². The molecule has 4 aromatic rings. The van der Waals surface area contributed by atoms with Crippen LogP contribution in [0.1, 0.15) is 30.0 Å². The van der Waals surface area contributed by atoms with Gasteiger partial charge in [-0.15, -0.1) is 0 Å². The first-order valence-electron chi connectivity index (χ1n) is 10.2. The molecule has 0 saturated carbocycles. The summed E-state index contributed by atoms with van der Waals surface area (Å²) in [6.45, 7) is 2.20. The summed E-state index contributed by atoms with van der Waals surface area (Å²) in [5, 5.41) is 0. The fourth-order valence-corrected chi connectivity index (χ4v) is 3.42. The highest BCUT2D eigenvalue weighted by atomic mass is 14.0. The van der Waals surface area contributed by atoms with Crippen molar-refractivity contribution in [1.29, 1.82) is 0 Å². The molecule has 0 spiro atoms. The smallest absolute Gasteiger partial charge is 0.0249 e. The number of hydrogen-bond acceptors (Lipinski definition) is 0. The number of aryl methyl sites for hydroxylation is 1. The Morgan fingerprint density at radius 1 is 0.483 bits per heavy atom. The molecule has 0 aliphatic rings. The lowest BCUT2D eigenvalue weighted by Crippen LogP contribution is -1.83. The van der Waals surface area contributed by atoms with Gasteiger partial charge in [-0.3, -0.25) is 0 Å². The van der Waals surface area contributed by atoms with Gasteiger partial charge in [0.15, 0.2) is 0 Å². The SMILES string of the molecule is CCCc1ccc(C#Cc2ccc(-c3ccc(-c4ccccc4)cc3)cc2)cc1. The quantitative estimate of drug-likeness (QED) is 0.328. The third kappa shape index (κ3) is 4.84. The molecule has 0 heterocycles. The van der Waals surface area contributed by atoms with E-state index in [1.807, 2.05) is 6.07 Å². The van der Waals surface area contributed by atoms with Gasteiger partial charge in [-0.2, -0.15) is 0 Å². The van der Waals surface area contributed by atoms with Gasteiger partial charge < -0.3 is 0 Å². The lowest BCUT2D eigenvalue weighted by molar-refractivity contribution is 0.922. The minimum Gasteiger partial charge on any atom is -0.0651 e. The van der Waals surface area contributed by atoms with Gasteiger partial charge in [-0.05, 0) is 58.5 Å². The highest BCUT2D eigenvalue weighted by Gasteiger charge is 2.00. The Labute approximate surface area is 173 Å². The molecule has 0 radical (unpaired) electrons. The van der Waals surface area contributed by atoms with E-state index in [0.717, 1.165) is 17.5 Å². The van der Waals surface area contributed by atoms with Gasteiger partial charge in [-0.25, -0.2) is 0 Å². The molecule has 0 aromatic heterocycles. The molecular formula is C29H24. The maximum atomic E-state index is 3.27. The van der Waals surface area contributed by atoms with Gasteiger partial charge in [-0.1, -0.05) is 104 Å². The van der Waals surface area contributed by atoms with Crippen LogP contribution in [0.15, 0.2) is 103 Å². The van der Waals surface area contributed by atoms with E-state index in [4.69, 9.17) is 0 Å². The first-order chi connectivity index (χ1) is 14.3. The molecule has 4 aromatic carbocycles. The normalized spacial score (nSPS) is 10.2. The van der Waals surface area contributed by atoms with Crippen LogP contribution in [0.4, 0.5) is 0 Å². The van der Waals surface area contributed by atoms with E-state index in [2.05, 4.69) is 116 Å². The lowest BCUT2D eigenvalue weighted by atomic mass is 9.99. The van der Waals surface area contributed by atoms with Crippen molar-refractivity contribution in [3.63, 3.8) is 0 Å². The van der Waals surface area contributed by atoms with Crippen LogP contribution < -0.4 is 0 Å². The molecule has 0 unspecified atom stereocenters. The van der Waals surface area contributed by atoms with Crippen molar-refractivity contribution in [2.75, 3.05) is 0 Å². The van der Waals surface area contributed by atoms with Crippen LogP contribution in [0.25, 0.3) is 22.3 Å². The largest absolute Gasteiger partial charge is 0.0651 e. The molecule has 0 heteroatoms. The Hall–Kier alpha value is -3.56. The maximum Gasteiger partial charge on any atom is 0.0249 e. The highest BCUT2D eigenvalue weighted by molar-refractivity contribution is 5.70. The minimum atomic E-state index is 1.03. The van der Waals surface area contributed by atoms with Gasteiger partial charge in [0, 0.05) is 11.1 Å². The minimum absolute atomic E-state index is 1.03. The average Bonchev–Trinajstić information content (AvgIpc) is 2.80. The van der Waals surface area contributed by atoms with Gasteiger partial charge in [0.05, 0.1) is 0 Å². The Kier molecular flexibility index (Phi) is 5.89. The zero-order valence-corrected chi connectivity index (χ0v) is 16.7. The van der Waals surface area contributed by atoms with E-state index < -0.39 is 0 Å². The van der Waals surface area contributed by atoms with Crippen molar-refractivity contribution in [2.45, 2.75) is 19.8 Å². The second-order valence-corrected chi connectivity index (χ2v) is 7.22. The fourth-order valence-electron chi connectivity index (χ4n) is 3.42. The van der Waals surface area contributed by atoms with E-state index in [9.17, 15) is 0 Å². The van der Waals surface area contributed by atoms with Crippen LogP contribution in [-0.2, 0) is 6.42 Å². The Morgan fingerprint density at radius 2 is 0.897 bits per heavy atom. The fraction of sp³-hybridized carbons (Fsp3) is 0.103. The monoisotopic (exact) mass is 372 g/mol. The third-order valence-corrected chi connectivity index (χ3v) is 5.05. The Bertz CT molecular complexity index is 1110. The van der Waals surface area contributed by atoms with Crippen LogP contribution in [0.3, 0.4) is 0 Å². The average molecular weight is 373 g/mol. The molecule has 29 heavy (non-hydrogen) atoms. The van der Waals surface area contributed by atoms with Gasteiger partial charge >= 0.3 is 0 Å². The van der Waals surface area contributed by atoms with Crippen molar-refractivity contribution in [3.8, 4) is 34.1 Å². The lowest BCUT2D eigenvalue weighted by Gasteiger charge is -2.05. The zero-order valence-electron chi connectivity index (χ0n) is 16.7. The first kappa shape index (κ1) is 18.8. The van der Waals surface area contributed by atoms with Crippen molar-refractivity contribution >= 4 is 0 Å². The molecule has 4 rings (SSSR count). The van der Waals surface area contributed by atoms with E-state index in [-0.39, 0.29) is 0 Å². The van der Waals surface area contributed by atoms with Crippen LogP contribution >= 0.6 is 0 Å². The molecule has 0 N–H and O–H groups in total. The second kappa shape index (κ2) is 9.09. The first-order valence-corrected chi connectivity index (χ1v) is 10.2. The van der Waals surface area contributed by atoms with Crippen LogP contribution in [-0.4, -0.2) is 0 Å². The van der Waals surface area contributed by atoms with E-state index in [0.29, 0.717) is 0 Å². The van der Waals surface area contributed by atoms with Crippen LogP contribution in [0, 0.1) is 11.8 Å². The predicted molar refractivity (Wildman–Crippen MR) is 124 cm³/mol. The van der Waals surface area contributed by atoms with Crippen molar-refractivity contribution in [2.24, 2.45) is 0 Å². The molecule has 0 atom stereocenters. The topological polar surface area (TPSA) is 0 Å². The van der Waals surface area contributed by atoms with Crippen LogP contribution in [0.2, 0.25) is 0 Å². The Morgan fingerprint density at radius 3 is 1.38 bits per heavy atom. The number of benzene rings is 4. The molecule has 0 saturated heterocycles. The molecule has 0 nitrogen and oxygen atoms in total. The van der Waals surface area contributed by atoms with Gasteiger partial charge in [0.1, 0.15) is 0 Å².